The van der Waals surface area contributed by atoms with E-state index in [-0.39, 0.29) is 17.0 Å². The van der Waals surface area contributed by atoms with E-state index in [0.29, 0.717) is 6.67 Å². The van der Waals surface area contributed by atoms with E-state index in [4.69, 9.17) is 4.99 Å². The lowest BCUT2D eigenvalue weighted by molar-refractivity contribution is -0.119. The van der Waals surface area contributed by atoms with Crippen LogP contribution in [0.2, 0.25) is 0 Å². The molecule has 0 unspecified atom stereocenters. The van der Waals surface area contributed by atoms with Crippen molar-refractivity contribution in [2.24, 2.45) is 4.99 Å². The number of carbonyl (C=O) groups is 1. The first-order chi connectivity index (χ1) is 8.08. The first-order valence-corrected chi connectivity index (χ1v) is 6.35. The van der Waals surface area contributed by atoms with Gasteiger partial charge in [-0.25, -0.2) is 0 Å². The molecule has 104 valence electrons. The predicted molar refractivity (Wildman–Crippen MR) is 74.4 cm³/mol. The van der Waals surface area contributed by atoms with Gasteiger partial charge in [0.2, 0.25) is 5.91 Å². The maximum absolute atomic E-state index is 10.9. The third kappa shape index (κ3) is 2.83. The van der Waals surface area contributed by atoms with Crippen molar-refractivity contribution in [2.45, 2.75) is 52.6 Å². The van der Waals surface area contributed by atoms with Crippen LogP contribution in [-0.4, -0.2) is 53.0 Å². The highest BCUT2D eigenvalue weighted by Crippen LogP contribution is 2.37. The van der Waals surface area contributed by atoms with Crippen molar-refractivity contribution in [3.8, 4) is 0 Å². The van der Waals surface area contributed by atoms with Gasteiger partial charge >= 0.3 is 0 Å². The second-order valence-corrected chi connectivity index (χ2v) is 6.09. The minimum absolute atomic E-state index is 0.00625. The lowest BCUT2D eigenvalue weighted by Gasteiger charge is -2.42. The highest BCUT2D eigenvalue weighted by molar-refractivity contribution is 5.83. The Hall–Kier alpha value is -1.10. The molecule has 0 aliphatic carbocycles. The molecule has 5 nitrogen and oxygen atoms in total. The van der Waals surface area contributed by atoms with Gasteiger partial charge in [0.15, 0.2) is 0 Å². The zero-order valence-corrected chi connectivity index (χ0v) is 12.7. The van der Waals surface area contributed by atoms with Crippen LogP contribution in [-0.2, 0) is 4.79 Å². The molecule has 0 radical (unpaired) electrons. The van der Waals surface area contributed by atoms with Gasteiger partial charge in [0.1, 0.15) is 0 Å². The maximum Gasteiger partial charge on any atom is 0.217 e. The molecule has 0 aromatic carbocycles. The number of hydrogen-bond acceptors (Lipinski definition) is 4. The monoisotopic (exact) mass is 254 g/mol. The topological polar surface area (TPSA) is 47.9 Å². The van der Waals surface area contributed by atoms with Crippen LogP contribution < -0.4 is 5.32 Å². The molecule has 18 heavy (non-hydrogen) atoms. The van der Waals surface area contributed by atoms with E-state index < -0.39 is 0 Å². The first kappa shape index (κ1) is 15.0. The van der Waals surface area contributed by atoms with E-state index in [0.717, 1.165) is 12.5 Å². The molecule has 0 atom stereocenters. The molecule has 1 amide bonds. The van der Waals surface area contributed by atoms with E-state index in [1.54, 1.807) is 0 Å². The number of nitrogens with one attached hydrogen (secondary N) is 1. The Kier molecular flexibility index (Phi) is 4.05. The van der Waals surface area contributed by atoms with Crippen molar-refractivity contribution in [3.63, 3.8) is 0 Å². The van der Waals surface area contributed by atoms with Gasteiger partial charge < -0.3 is 10.2 Å². The lowest BCUT2D eigenvalue weighted by atomic mass is 9.83. The summed E-state index contributed by atoms with van der Waals surface area (Å²) in [4.78, 5) is 20.0. The Labute approximate surface area is 110 Å². The minimum atomic E-state index is -0.0913. The van der Waals surface area contributed by atoms with Crippen LogP contribution >= 0.6 is 0 Å². The summed E-state index contributed by atoms with van der Waals surface area (Å²) < 4.78 is 0. The molecule has 0 aromatic rings. The van der Waals surface area contributed by atoms with Crippen LogP contribution in [0.5, 0.6) is 0 Å². The molecule has 1 N–H and O–H groups in total. The summed E-state index contributed by atoms with van der Waals surface area (Å²) in [6.45, 7) is 13.6. The molecule has 5 heteroatoms. The summed E-state index contributed by atoms with van der Waals surface area (Å²) in [5, 5.41) is 2.80. The molecular weight excluding hydrogens is 228 g/mol. The molecule has 0 saturated heterocycles. The number of amides is 1. The van der Waals surface area contributed by atoms with Gasteiger partial charge in [0.05, 0.1) is 30.3 Å². The molecule has 0 aromatic heterocycles. The van der Waals surface area contributed by atoms with Gasteiger partial charge in [0.25, 0.3) is 0 Å². The summed E-state index contributed by atoms with van der Waals surface area (Å²) in [7, 11) is 1.99. The molecule has 1 heterocycles. The fraction of sp³-hybridized carbons (Fsp3) is 0.846. The summed E-state index contributed by atoms with van der Waals surface area (Å²) in [5.74, 6) is 1.05. The van der Waals surface area contributed by atoms with Gasteiger partial charge in [-0.2, -0.15) is 0 Å². The molecule has 0 saturated carbocycles. The Morgan fingerprint density at radius 3 is 2.33 bits per heavy atom. The van der Waals surface area contributed by atoms with Crippen molar-refractivity contribution < 1.29 is 4.79 Å². The zero-order chi connectivity index (χ0) is 14.1. The van der Waals surface area contributed by atoms with E-state index >= 15 is 0 Å². The Morgan fingerprint density at radius 2 is 1.94 bits per heavy atom. The van der Waals surface area contributed by atoms with Gasteiger partial charge in [-0.3, -0.25) is 14.7 Å². The average molecular weight is 254 g/mol. The molecule has 1 aliphatic heterocycles. The Balaban J connectivity index is 2.68. The van der Waals surface area contributed by atoms with Crippen LogP contribution in [0.25, 0.3) is 0 Å². The zero-order valence-electron chi connectivity index (χ0n) is 12.7. The van der Waals surface area contributed by atoms with Gasteiger partial charge in [-0.05, 0) is 41.7 Å². The summed E-state index contributed by atoms with van der Waals surface area (Å²) in [5.41, 5.74) is -0.118. The standard InChI is InChI=1S/C13H26N4O/c1-10-15-12(3,4)13(5,6)17(10)9-16(7)8-14-11(2)18/h8-9H2,1-7H3,(H,14,18). The number of nitrogens with zero attached hydrogens (tertiary/aromatic N) is 3. The van der Waals surface area contributed by atoms with Crippen LogP contribution in [0.3, 0.4) is 0 Å². The van der Waals surface area contributed by atoms with Gasteiger partial charge in [-0.15, -0.1) is 0 Å². The number of amidine groups is 1. The quantitative estimate of drug-likeness (QED) is 0.768. The highest BCUT2D eigenvalue weighted by atomic mass is 16.1. The van der Waals surface area contributed by atoms with Gasteiger partial charge in [-0.1, -0.05) is 0 Å². The van der Waals surface area contributed by atoms with Crippen molar-refractivity contribution in [1.29, 1.82) is 0 Å². The van der Waals surface area contributed by atoms with Crippen molar-refractivity contribution in [1.82, 2.24) is 15.1 Å². The minimum Gasteiger partial charge on any atom is -0.344 e. The van der Waals surface area contributed by atoms with Crippen LogP contribution in [0.4, 0.5) is 0 Å². The lowest BCUT2D eigenvalue weighted by Crippen LogP contribution is -2.56. The van der Waals surface area contributed by atoms with Crippen LogP contribution in [0.15, 0.2) is 4.99 Å². The number of carbonyl (C=O) groups excluding carboxylic acids is 1. The molecular formula is C13H26N4O. The van der Waals surface area contributed by atoms with E-state index in [9.17, 15) is 4.79 Å². The SMILES string of the molecule is CC(=O)NCN(C)CN1C(C)=NC(C)(C)C1(C)C. The highest BCUT2D eigenvalue weighted by Gasteiger charge is 2.47. The van der Waals surface area contributed by atoms with Crippen LogP contribution in [0, 0.1) is 0 Å². The van der Waals surface area contributed by atoms with Crippen LogP contribution in [0.1, 0.15) is 41.5 Å². The number of rotatable bonds is 4. The molecule has 0 fully saturated rings. The third-order valence-electron chi connectivity index (χ3n) is 3.98. The Morgan fingerprint density at radius 1 is 1.39 bits per heavy atom. The van der Waals surface area contributed by atoms with E-state index in [1.165, 1.54) is 6.92 Å². The fourth-order valence-electron chi connectivity index (χ4n) is 2.15. The smallest absolute Gasteiger partial charge is 0.217 e. The molecule has 1 aliphatic rings. The van der Waals surface area contributed by atoms with E-state index in [1.807, 2.05) is 14.0 Å². The van der Waals surface area contributed by atoms with Gasteiger partial charge in [0, 0.05) is 6.92 Å². The predicted octanol–water partition coefficient (Wildman–Crippen LogP) is 1.26. The summed E-state index contributed by atoms with van der Waals surface area (Å²) in [6, 6.07) is 0. The number of aliphatic imine (C=N–C) groups is 1. The van der Waals surface area contributed by atoms with Crippen molar-refractivity contribution in [2.75, 3.05) is 20.4 Å². The normalized spacial score (nSPS) is 21.1. The second kappa shape index (κ2) is 4.88. The Bertz CT molecular complexity index is 360. The molecule has 1 rings (SSSR count). The molecule has 0 bridgehead atoms. The largest absolute Gasteiger partial charge is 0.344 e. The summed E-state index contributed by atoms with van der Waals surface area (Å²) in [6.07, 6.45) is 0. The maximum atomic E-state index is 10.9. The van der Waals surface area contributed by atoms with Crippen molar-refractivity contribution in [3.05, 3.63) is 0 Å². The summed E-state index contributed by atoms with van der Waals surface area (Å²) >= 11 is 0. The third-order valence-corrected chi connectivity index (χ3v) is 3.98. The molecule has 0 spiro atoms. The average Bonchev–Trinajstić information content (AvgIpc) is 2.34. The second-order valence-electron chi connectivity index (χ2n) is 6.09. The fourth-order valence-corrected chi connectivity index (χ4v) is 2.15. The first-order valence-electron chi connectivity index (χ1n) is 6.35. The van der Waals surface area contributed by atoms with Crippen molar-refractivity contribution >= 4 is 11.7 Å². The number of hydrogen-bond donors (Lipinski definition) is 1. The van der Waals surface area contributed by atoms with E-state index in [2.05, 4.69) is 42.8 Å².